The summed E-state index contributed by atoms with van der Waals surface area (Å²) in [6.07, 6.45) is 0.877. The predicted octanol–water partition coefficient (Wildman–Crippen LogP) is 2.29. The molecule has 1 rings (SSSR count). The lowest BCUT2D eigenvalue weighted by molar-refractivity contribution is -0.124. The van der Waals surface area contributed by atoms with Crippen molar-refractivity contribution in [3.63, 3.8) is 0 Å². The molecule has 3 N–H and O–H groups in total. The fraction of sp³-hybridized carbons (Fsp3) is 0.417. The Balaban J connectivity index is 3.17. The fourth-order valence-corrected chi connectivity index (χ4v) is 2.33. The van der Waals surface area contributed by atoms with Crippen LogP contribution in [0, 0.1) is 5.82 Å². The molecule has 5 heteroatoms. The van der Waals surface area contributed by atoms with Crippen LogP contribution in [-0.4, -0.2) is 12.5 Å². The minimum absolute atomic E-state index is 0.358. The van der Waals surface area contributed by atoms with E-state index in [0.29, 0.717) is 16.6 Å². The lowest BCUT2D eigenvalue weighted by Gasteiger charge is -2.29. The van der Waals surface area contributed by atoms with Crippen LogP contribution in [0.2, 0.25) is 0 Å². The summed E-state index contributed by atoms with van der Waals surface area (Å²) in [5.41, 5.74) is 5.08. The van der Waals surface area contributed by atoms with E-state index in [-0.39, 0.29) is 5.82 Å². The molecule has 1 amide bonds. The predicted molar refractivity (Wildman–Crippen MR) is 68.9 cm³/mol. The first kappa shape index (κ1) is 14.1. The number of hydrogen-bond acceptors (Lipinski definition) is 2. The van der Waals surface area contributed by atoms with Gasteiger partial charge in [-0.25, -0.2) is 4.39 Å². The van der Waals surface area contributed by atoms with Crippen molar-refractivity contribution in [3.05, 3.63) is 34.1 Å². The third kappa shape index (κ3) is 3.04. The van der Waals surface area contributed by atoms with Crippen LogP contribution in [0.5, 0.6) is 0 Å². The van der Waals surface area contributed by atoms with Gasteiger partial charge in [-0.05, 0) is 37.6 Å². The summed E-state index contributed by atoms with van der Waals surface area (Å²) in [4.78, 5) is 11.6. The molecule has 1 atom stereocenters. The van der Waals surface area contributed by atoms with Crippen molar-refractivity contribution in [3.8, 4) is 0 Å². The Labute approximate surface area is 109 Å². The number of halogens is 2. The van der Waals surface area contributed by atoms with Crippen LogP contribution < -0.4 is 11.1 Å². The third-order valence-corrected chi connectivity index (χ3v) is 3.35. The van der Waals surface area contributed by atoms with Crippen LogP contribution in [0.25, 0.3) is 0 Å². The lowest BCUT2D eigenvalue weighted by Crippen LogP contribution is -2.50. The molecular weight excluding hydrogens is 287 g/mol. The highest BCUT2D eigenvalue weighted by molar-refractivity contribution is 9.10. The average molecular weight is 303 g/mol. The topological polar surface area (TPSA) is 55.1 Å². The van der Waals surface area contributed by atoms with Gasteiger partial charge in [-0.2, -0.15) is 0 Å². The maximum absolute atomic E-state index is 13.0. The molecule has 0 spiro atoms. The van der Waals surface area contributed by atoms with Crippen LogP contribution in [0.1, 0.15) is 25.8 Å². The quantitative estimate of drug-likeness (QED) is 0.877. The molecule has 1 unspecified atom stereocenters. The number of carbonyl (C=O) groups is 1. The van der Waals surface area contributed by atoms with Gasteiger partial charge < -0.3 is 5.73 Å². The first-order valence-electron chi connectivity index (χ1n) is 5.42. The molecule has 1 aromatic rings. The Bertz CT molecular complexity index is 425. The zero-order chi connectivity index (χ0) is 13.1. The molecule has 0 saturated carbocycles. The second-order valence-corrected chi connectivity index (χ2v) is 4.89. The van der Waals surface area contributed by atoms with E-state index in [0.717, 1.165) is 6.42 Å². The first-order chi connectivity index (χ1) is 7.91. The molecule has 0 radical (unpaired) electrons. The number of rotatable bonds is 5. The number of benzene rings is 1. The average Bonchev–Trinajstić information content (AvgIpc) is 2.25. The maximum Gasteiger partial charge on any atom is 0.242 e. The van der Waals surface area contributed by atoms with E-state index in [1.165, 1.54) is 12.1 Å². The van der Waals surface area contributed by atoms with Crippen LogP contribution in [-0.2, 0) is 10.3 Å². The molecule has 0 aliphatic heterocycles. The first-order valence-corrected chi connectivity index (χ1v) is 6.21. The Hall–Kier alpha value is -0.940. The summed E-state index contributed by atoms with van der Waals surface area (Å²) in [6.45, 7) is 4.35. The van der Waals surface area contributed by atoms with E-state index in [4.69, 9.17) is 5.73 Å². The van der Waals surface area contributed by atoms with E-state index in [9.17, 15) is 9.18 Å². The summed E-state index contributed by atoms with van der Waals surface area (Å²) in [5.74, 6) is -0.846. The Morgan fingerprint density at radius 2 is 2.24 bits per heavy atom. The van der Waals surface area contributed by atoms with Crippen molar-refractivity contribution in [2.75, 3.05) is 6.54 Å². The molecular formula is C12H16BrFN2O. The molecule has 17 heavy (non-hydrogen) atoms. The largest absolute Gasteiger partial charge is 0.368 e. The molecule has 0 aliphatic rings. The van der Waals surface area contributed by atoms with Gasteiger partial charge in [0.1, 0.15) is 11.4 Å². The zero-order valence-corrected chi connectivity index (χ0v) is 11.5. The van der Waals surface area contributed by atoms with E-state index in [2.05, 4.69) is 21.2 Å². The van der Waals surface area contributed by atoms with Gasteiger partial charge in [-0.1, -0.05) is 28.9 Å². The number of nitrogens with one attached hydrogen (secondary N) is 1. The Morgan fingerprint density at radius 1 is 1.59 bits per heavy atom. The second kappa shape index (κ2) is 5.60. The molecule has 0 bridgehead atoms. The SMILES string of the molecule is CCCNC(C)(C(N)=O)c1ccc(F)cc1Br. The number of hydrogen-bond donors (Lipinski definition) is 2. The summed E-state index contributed by atoms with van der Waals surface area (Å²) in [6, 6.07) is 4.20. The summed E-state index contributed by atoms with van der Waals surface area (Å²) in [7, 11) is 0. The minimum atomic E-state index is -0.997. The van der Waals surface area contributed by atoms with Crippen molar-refractivity contribution in [1.29, 1.82) is 0 Å². The molecule has 0 saturated heterocycles. The molecule has 1 aromatic carbocycles. The summed E-state index contributed by atoms with van der Waals surface area (Å²) in [5, 5.41) is 3.09. The molecule has 0 aliphatic carbocycles. The van der Waals surface area contributed by atoms with Crippen molar-refractivity contribution >= 4 is 21.8 Å². The number of primary amides is 1. The van der Waals surface area contributed by atoms with Crippen molar-refractivity contribution in [2.24, 2.45) is 5.73 Å². The highest BCUT2D eigenvalue weighted by atomic mass is 79.9. The van der Waals surface area contributed by atoms with Crippen molar-refractivity contribution in [1.82, 2.24) is 5.32 Å². The van der Waals surface area contributed by atoms with Crippen LogP contribution in [0.4, 0.5) is 4.39 Å². The van der Waals surface area contributed by atoms with E-state index < -0.39 is 11.4 Å². The maximum atomic E-state index is 13.0. The van der Waals surface area contributed by atoms with Gasteiger partial charge in [-0.15, -0.1) is 0 Å². The van der Waals surface area contributed by atoms with Gasteiger partial charge >= 0.3 is 0 Å². The molecule has 94 valence electrons. The molecule has 0 fully saturated rings. The van der Waals surface area contributed by atoms with Crippen LogP contribution >= 0.6 is 15.9 Å². The Kier molecular flexibility index (Phi) is 4.65. The van der Waals surface area contributed by atoms with E-state index in [1.807, 2.05) is 6.92 Å². The summed E-state index contributed by atoms with van der Waals surface area (Å²) < 4.78 is 13.6. The zero-order valence-electron chi connectivity index (χ0n) is 9.89. The Morgan fingerprint density at radius 3 is 2.71 bits per heavy atom. The third-order valence-electron chi connectivity index (χ3n) is 2.69. The number of carbonyl (C=O) groups excluding carboxylic acids is 1. The molecule has 3 nitrogen and oxygen atoms in total. The fourth-order valence-electron chi connectivity index (χ4n) is 1.59. The van der Waals surface area contributed by atoms with E-state index >= 15 is 0 Å². The van der Waals surface area contributed by atoms with Gasteiger partial charge in [0.05, 0.1) is 0 Å². The monoisotopic (exact) mass is 302 g/mol. The number of nitrogens with two attached hydrogens (primary N) is 1. The van der Waals surface area contributed by atoms with Gasteiger partial charge in [0.25, 0.3) is 0 Å². The molecule has 0 heterocycles. The highest BCUT2D eigenvalue weighted by Crippen LogP contribution is 2.29. The smallest absolute Gasteiger partial charge is 0.242 e. The van der Waals surface area contributed by atoms with Gasteiger partial charge in [0.2, 0.25) is 5.91 Å². The van der Waals surface area contributed by atoms with Crippen LogP contribution in [0.3, 0.4) is 0 Å². The lowest BCUT2D eigenvalue weighted by atomic mass is 9.91. The van der Waals surface area contributed by atoms with Crippen molar-refractivity contribution < 1.29 is 9.18 Å². The number of amides is 1. The standard InChI is InChI=1S/C12H16BrFN2O/c1-3-6-16-12(2,11(15)17)9-5-4-8(14)7-10(9)13/h4-5,7,16H,3,6H2,1-2H3,(H2,15,17). The van der Waals surface area contributed by atoms with E-state index in [1.54, 1.807) is 13.0 Å². The minimum Gasteiger partial charge on any atom is -0.368 e. The van der Waals surface area contributed by atoms with Crippen molar-refractivity contribution in [2.45, 2.75) is 25.8 Å². The van der Waals surface area contributed by atoms with Gasteiger partial charge in [0.15, 0.2) is 0 Å². The summed E-state index contributed by atoms with van der Waals surface area (Å²) >= 11 is 3.26. The molecule has 0 aromatic heterocycles. The van der Waals surface area contributed by atoms with Gasteiger partial charge in [-0.3, -0.25) is 10.1 Å². The van der Waals surface area contributed by atoms with Gasteiger partial charge in [0, 0.05) is 4.47 Å². The normalized spacial score (nSPS) is 14.4. The second-order valence-electron chi connectivity index (χ2n) is 4.04. The highest BCUT2D eigenvalue weighted by Gasteiger charge is 2.34. The van der Waals surface area contributed by atoms with Crippen LogP contribution in [0.15, 0.2) is 22.7 Å².